The Hall–Kier alpha value is -3.17. The van der Waals surface area contributed by atoms with E-state index in [2.05, 4.69) is 16.4 Å². The van der Waals surface area contributed by atoms with E-state index in [1.165, 1.54) is 0 Å². The molecule has 26 heavy (non-hydrogen) atoms. The van der Waals surface area contributed by atoms with Crippen molar-refractivity contribution in [3.05, 3.63) is 59.2 Å². The van der Waals surface area contributed by atoms with Gasteiger partial charge in [0.1, 0.15) is 0 Å². The Bertz CT molecular complexity index is 1030. The summed E-state index contributed by atoms with van der Waals surface area (Å²) in [6, 6.07) is 15.3. The minimum absolute atomic E-state index is 0.234. The quantitative estimate of drug-likeness (QED) is 0.790. The molecule has 1 aromatic heterocycles. The van der Waals surface area contributed by atoms with Crippen molar-refractivity contribution in [2.24, 2.45) is 0 Å². The van der Waals surface area contributed by atoms with Crippen LogP contribution in [-0.2, 0) is 22.5 Å². The highest BCUT2D eigenvalue weighted by atomic mass is 16.5. The second-order valence-electron chi connectivity index (χ2n) is 6.18. The molecule has 0 saturated carbocycles. The Morgan fingerprint density at radius 3 is 3.04 bits per heavy atom. The number of carbonyl (C=O) groups is 1. The molecule has 2 heterocycles. The average molecular weight is 346 g/mol. The van der Waals surface area contributed by atoms with Crippen LogP contribution in [-0.4, -0.2) is 22.1 Å². The highest BCUT2D eigenvalue weighted by Gasteiger charge is 2.28. The highest BCUT2D eigenvalue weighted by Crippen LogP contribution is 2.29. The van der Waals surface area contributed by atoms with E-state index in [9.17, 15) is 4.79 Å². The first kappa shape index (κ1) is 16.3. The van der Waals surface area contributed by atoms with Gasteiger partial charge < -0.3 is 9.30 Å². The number of aromatic nitrogens is 2. The molecule has 0 radical (unpaired) electrons. The first-order valence-electron chi connectivity index (χ1n) is 8.62. The third kappa shape index (κ3) is 2.72. The van der Waals surface area contributed by atoms with Crippen molar-refractivity contribution in [3.63, 3.8) is 0 Å². The molecule has 6 nitrogen and oxygen atoms in total. The van der Waals surface area contributed by atoms with E-state index >= 15 is 0 Å². The van der Waals surface area contributed by atoms with E-state index in [0.717, 1.165) is 23.1 Å². The van der Waals surface area contributed by atoms with Gasteiger partial charge in [-0.05, 0) is 42.7 Å². The van der Waals surface area contributed by atoms with Gasteiger partial charge in [0.05, 0.1) is 29.3 Å². The van der Waals surface area contributed by atoms with Crippen LogP contribution in [0.2, 0.25) is 0 Å². The zero-order chi connectivity index (χ0) is 18.1. The number of rotatable bonds is 3. The SMILES string of the molecule is CCn1c(NC(=O)[C@H]2OCCc3ccccc32)nc2cc(C#N)ccc21. The second-order valence-corrected chi connectivity index (χ2v) is 6.18. The molecule has 1 amide bonds. The number of anilines is 1. The predicted molar refractivity (Wildman–Crippen MR) is 97.6 cm³/mol. The number of aryl methyl sites for hydroxylation is 1. The van der Waals surface area contributed by atoms with E-state index in [-0.39, 0.29) is 5.91 Å². The van der Waals surface area contributed by atoms with Crippen LogP contribution in [0.4, 0.5) is 5.95 Å². The van der Waals surface area contributed by atoms with Crippen molar-refractivity contribution < 1.29 is 9.53 Å². The molecule has 130 valence electrons. The molecule has 1 N–H and O–H groups in total. The number of nitrogens with one attached hydrogen (secondary N) is 1. The topological polar surface area (TPSA) is 79.9 Å². The Morgan fingerprint density at radius 1 is 1.38 bits per heavy atom. The fourth-order valence-electron chi connectivity index (χ4n) is 3.40. The van der Waals surface area contributed by atoms with Crippen molar-refractivity contribution >= 4 is 22.9 Å². The summed E-state index contributed by atoms with van der Waals surface area (Å²) in [4.78, 5) is 17.4. The van der Waals surface area contributed by atoms with Crippen molar-refractivity contribution in [1.82, 2.24) is 9.55 Å². The van der Waals surface area contributed by atoms with Crippen molar-refractivity contribution in [2.45, 2.75) is 26.0 Å². The van der Waals surface area contributed by atoms with E-state index < -0.39 is 6.10 Å². The van der Waals surface area contributed by atoms with Crippen LogP contribution in [0.1, 0.15) is 29.7 Å². The fourth-order valence-corrected chi connectivity index (χ4v) is 3.40. The average Bonchev–Trinajstić information content (AvgIpc) is 3.03. The standard InChI is InChI=1S/C20H18N4O2/c1-2-24-17-8-7-13(12-21)11-16(17)22-20(24)23-19(25)18-15-6-4-3-5-14(15)9-10-26-18/h3-8,11,18H,2,9-10H2,1H3,(H,22,23,25)/t18-/m0/s1. The van der Waals surface area contributed by atoms with Crippen LogP contribution in [0.15, 0.2) is 42.5 Å². The molecule has 4 rings (SSSR count). The van der Waals surface area contributed by atoms with Crippen molar-refractivity contribution in [2.75, 3.05) is 11.9 Å². The summed E-state index contributed by atoms with van der Waals surface area (Å²) in [5.41, 5.74) is 4.15. The zero-order valence-electron chi connectivity index (χ0n) is 14.4. The van der Waals surface area contributed by atoms with Crippen LogP contribution in [0.5, 0.6) is 0 Å². The van der Waals surface area contributed by atoms with Crippen LogP contribution >= 0.6 is 0 Å². The summed E-state index contributed by atoms with van der Waals surface area (Å²) in [7, 11) is 0. The second kappa shape index (κ2) is 6.62. The molecular weight excluding hydrogens is 328 g/mol. The number of benzene rings is 2. The normalized spacial score (nSPS) is 16.1. The number of imidazole rings is 1. The molecule has 1 atom stereocenters. The lowest BCUT2D eigenvalue weighted by Gasteiger charge is -2.25. The number of nitrogens with zero attached hydrogens (tertiary/aromatic N) is 3. The van der Waals surface area contributed by atoms with Crippen LogP contribution in [0, 0.1) is 11.3 Å². The Balaban J connectivity index is 1.67. The maximum Gasteiger partial charge on any atom is 0.260 e. The number of hydrogen-bond acceptors (Lipinski definition) is 4. The summed E-state index contributed by atoms with van der Waals surface area (Å²) >= 11 is 0. The Kier molecular flexibility index (Phi) is 4.15. The minimum Gasteiger partial charge on any atom is -0.363 e. The molecule has 0 spiro atoms. The zero-order valence-corrected chi connectivity index (χ0v) is 14.4. The lowest BCUT2D eigenvalue weighted by Crippen LogP contribution is -2.29. The highest BCUT2D eigenvalue weighted by molar-refractivity contribution is 5.95. The first-order valence-corrected chi connectivity index (χ1v) is 8.62. The smallest absolute Gasteiger partial charge is 0.260 e. The number of fused-ring (bicyclic) bond motifs is 2. The lowest BCUT2D eigenvalue weighted by molar-refractivity contribution is -0.128. The van der Waals surface area contributed by atoms with Crippen molar-refractivity contribution in [3.8, 4) is 6.07 Å². The van der Waals surface area contributed by atoms with Gasteiger partial charge in [0.15, 0.2) is 6.10 Å². The largest absolute Gasteiger partial charge is 0.363 e. The van der Waals surface area contributed by atoms with E-state index in [4.69, 9.17) is 10.00 Å². The number of carbonyl (C=O) groups excluding carboxylic acids is 1. The Labute approximate surface area is 151 Å². The van der Waals surface area contributed by atoms with Gasteiger partial charge in [-0.1, -0.05) is 24.3 Å². The molecule has 0 unspecified atom stereocenters. The van der Waals surface area contributed by atoms with Gasteiger partial charge in [0.25, 0.3) is 5.91 Å². The number of hydrogen-bond donors (Lipinski definition) is 1. The number of amides is 1. The molecular formula is C20H18N4O2. The Morgan fingerprint density at radius 2 is 2.23 bits per heavy atom. The van der Waals surface area contributed by atoms with Gasteiger partial charge in [0, 0.05) is 6.54 Å². The first-order chi connectivity index (χ1) is 12.7. The summed E-state index contributed by atoms with van der Waals surface area (Å²) in [6.45, 7) is 3.16. The van der Waals surface area contributed by atoms with E-state index in [1.807, 2.05) is 41.8 Å². The molecule has 6 heteroatoms. The molecule has 0 saturated heterocycles. The third-order valence-corrected chi connectivity index (χ3v) is 4.66. The van der Waals surface area contributed by atoms with Gasteiger partial charge in [-0.2, -0.15) is 5.26 Å². The molecule has 0 aliphatic carbocycles. The summed E-state index contributed by atoms with van der Waals surface area (Å²) in [5.74, 6) is 0.233. The fraction of sp³-hybridized carbons (Fsp3) is 0.250. The number of ether oxygens (including phenoxy) is 1. The maximum atomic E-state index is 12.9. The minimum atomic E-state index is -0.639. The van der Waals surface area contributed by atoms with Gasteiger partial charge in [-0.25, -0.2) is 4.98 Å². The summed E-state index contributed by atoms with van der Waals surface area (Å²) in [5, 5.41) is 12.0. The third-order valence-electron chi connectivity index (χ3n) is 4.66. The van der Waals surface area contributed by atoms with Gasteiger partial charge >= 0.3 is 0 Å². The molecule has 2 aromatic carbocycles. The van der Waals surface area contributed by atoms with Crippen LogP contribution in [0.25, 0.3) is 11.0 Å². The summed E-state index contributed by atoms with van der Waals surface area (Å²) < 4.78 is 7.65. The van der Waals surface area contributed by atoms with Crippen LogP contribution in [0.3, 0.4) is 0 Å². The summed E-state index contributed by atoms with van der Waals surface area (Å²) in [6.07, 6.45) is 0.171. The lowest BCUT2D eigenvalue weighted by atomic mass is 9.97. The molecule has 1 aliphatic rings. The predicted octanol–water partition coefficient (Wildman–Crippen LogP) is 3.18. The van der Waals surface area contributed by atoms with E-state index in [1.54, 1.807) is 12.1 Å². The van der Waals surface area contributed by atoms with Gasteiger partial charge in [-0.15, -0.1) is 0 Å². The van der Waals surface area contributed by atoms with Gasteiger partial charge in [0.2, 0.25) is 5.95 Å². The molecule has 0 bridgehead atoms. The molecule has 3 aromatic rings. The molecule has 1 aliphatic heterocycles. The van der Waals surface area contributed by atoms with Gasteiger partial charge in [-0.3, -0.25) is 10.1 Å². The van der Waals surface area contributed by atoms with Crippen molar-refractivity contribution in [1.29, 1.82) is 5.26 Å². The number of nitriles is 1. The van der Waals surface area contributed by atoms with Crippen LogP contribution < -0.4 is 5.32 Å². The monoisotopic (exact) mass is 346 g/mol. The maximum absolute atomic E-state index is 12.9. The molecule has 0 fully saturated rings. The van der Waals surface area contributed by atoms with E-state index in [0.29, 0.717) is 30.2 Å².